The smallest absolute Gasteiger partial charge is 0.255 e. The lowest BCUT2D eigenvalue weighted by molar-refractivity contribution is -0.113. The Morgan fingerprint density at radius 3 is 2.70 bits per heavy atom. The summed E-state index contributed by atoms with van der Waals surface area (Å²) in [6.07, 6.45) is 3.42. The molecule has 2 aromatic heterocycles. The van der Waals surface area contributed by atoms with Gasteiger partial charge in [-0.3, -0.25) is 9.78 Å². The SMILES string of the molecule is COc1cccc(C2C(C(=O)Nc3ccccc3)=C(C)Nc3nc(-c4cccnc4)nn32)c1. The quantitative estimate of drug-likeness (QED) is 0.483. The normalized spacial score (nSPS) is 14.9. The number of ether oxygens (including phenoxy) is 1. The van der Waals surface area contributed by atoms with Gasteiger partial charge in [-0.25, -0.2) is 4.68 Å². The maximum absolute atomic E-state index is 13.5. The molecule has 0 aliphatic carbocycles. The van der Waals surface area contributed by atoms with Gasteiger partial charge in [0.05, 0.1) is 12.7 Å². The number of nitrogens with one attached hydrogen (secondary N) is 2. The van der Waals surface area contributed by atoms with Gasteiger partial charge in [0, 0.05) is 29.3 Å². The number of fused-ring (bicyclic) bond motifs is 1. The molecule has 3 heterocycles. The molecule has 1 aliphatic rings. The summed E-state index contributed by atoms with van der Waals surface area (Å²) in [4.78, 5) is 22.3. The Balaban J connectivity index is 1.62. The van der Waals surface area contributed by atoms with E-state index >= 15 is 0 Å². The highest BCUT2D eigenvalue weighted by Gasteiger charge is 2.34. The molecule has 0 radical (unpaired) electrons. The summed E-state index contributed by atoms with van der Waals surface area (Å²) in [7, 11) is 1.62. The number of pyridine rings is 1. The standard InChI is InChI=1S/C25H22N6O2/c1-16-21(24(32)28-19-10-4-3-5-11-19)22(17-8-6-12-20(14-17)33-2)31-25(27-16)29-23(30-31)18-9-7-13-26-15-18/h3-15,22H,1-2H3,(H,28,32)(H,27,29,30). The molecular weight excluding hydrogens is 416 g/mol. The van der Waals surface area contributed by atoms with E-state index in [9.17, 15) is 4.79 Å². The zero-order valence-electron chi connectivity index (χ0n) is 18.2. The third kappa shape index (κ3) is 3.94. The van der Waals surface area contributed by atoms with E-state index in [1.54, 1.807) is 24.2 Å². The van der Waals surface area contributed by atoms with Gasteiger partial charge in [-0.2, -0.15) is 4.98 Å². The van der Waals surface area contributed by atoms with Crippen molar-refractivity contribution in [2.45, 2.75) is 13.0 Å². The Kier molecular flexibility index (Phi) is 5.32. The van der Waals surface area contributed by atoms with Crippen LogP contribution < -0.4 is 15.4 Å². The molecule has 0 saturated heterocycles. The van der Waals surface area contributed by atoms with Crippen LogP contribution in [0.5, 0.6) is 5.75 Å². The number of nitrogens with zero attached hydrogens (tertiary/aromatic N) is 4. The average Bonchev–Trinajstić information content (AvgIpc) is 3.28. The molecule has 1 unspecified atom stereocenters. The second-order valence-electron chi connectivity index (χ2n) is 7.61. The number of rotatable bonds is 5. The minimum absolute atomic E-state index is 0.219. The third-order valence-electron chi connectivity index (χ3n) is 5.46. The van der Waals surface area contributed by atoms with Crippen LogP contribution in [0.4, 0.5) is 11.6 Å². The highest BCUT2D eigenvalue weighted by Crippen LogP contribution is 2.37. The van der Waals surface area contributed by atoms with Gasteiger partial charge in [0.1, 0.15) is 11.8 Å². The van der Waals surface area contributed by atoms with Crippen LogP contribution in [0.3, 0.4) is 0 Å². The number of carbonyl (C=O) groups is 1. The molecule has 5 rings (SSSR count). The minimum Gasteiger partial charge on any atom is -0.497 e. The molecule has 2 aromatic carbocycles. The van der Waals surface area contributed by atoms with E-state index in [0.29, 0.717) is 34.5 Å². The van der Waals surface area contributed by atoms with Crippen LogP contribution in [0.15, 0.2) is 90.4 Å². The van der Waals surface area contributed by atoms with Crippen LogP contribution in [-0.4, -0.2) is 32.8 Å². The summed E-state index contributed by atoms with van der Waals surface area (Å²) < 4.78 is 7.18. The first-order valence-corrected chi connectivity index (χ1v) is 10.5. The topological polar surface area (TPSA) is 94.0 Å². The van der Waals surface area contributed by atoms with Crippen molar-refractivity contribution in [3.8, 4) is 17.1 Å². The van der Waals surface area contributed by atoms with Gasteiger partial charge in [0.15, 0.2) is 5.82 Å². The van der Waals surface area contributed by atoms with E-state index in [1.165, 1.54) is 0 Å². The predicted molar refractivity (Wildman–Crippen MR) is 126 cm³/mol. The van der Waals surface area contributed by atoms with Crippen molar-refractivity contribution in [1.82, 2.24) is 19.7 Å². The lowest BCUT2D eigenvalue weighted by Crippen LogP contribution is -2.31. The minimum atomic E-state index is -0.502. The first-order chi connectivity index (χ1) is 16.1. The van der Waals surface area contributed by atoms with E-state index in [4.69, 9.17) is 9.84 Å². The van der Waals surface area contributed by atoms with Crippen LogP contribution in [0.1, 0.15) is 18.5 Å². The number of anilines is 2. The number of benzene rings is 2. The second kappa shape index (κ2) is 8.58. The van der Waals surface area contributed by atoms with Crippen molar-refractivity contribution < 1.29 is 9.53 Å². The van der Waals surface area contributed by atoms with E-state index in [-0.39, 0.29) is 5.91 Å². The number of hydrogen-bond donors (Lipinski definition) is 2. The average molecular weight is 438 g/mol. The van der Waals surface area contributed by atoms with Gasteiger partial charge in [-0.05, 0) is 48.9 Å². The Morgan fingerprint density at radius 2 is 1.94 bits per heavy atom. The van der Waals surface area contributed by atoms with Crippen LogP contribution in [0, 0.1) is 0 Å². The van der Waals surface area contributed by atoms with E-state index in [0.717, 1.165) is 11.1 Å². The molecule has 1 aliphatic heterocycles. The number of hydrogen-bond acceptors (Lipinski definition) is 6. The summed E-state index contributed by atoms with van der Waals surface area (Å²) in [6, 6.07) is 20.2. The Morgan fingerprint density at radius 1 is 1.09 bits per heavy atom. The lowest BCUT2D eigenvalue weighted by atomic mass is 9.95. The van der Waals surface area contributed by atoms with Crippen molar-refractivity contribution in [1.29, 1.82) is 0 Å². The monoisotopic (exact) mass is 438 g/mol. The van der Waals surface area contributed by atoms with Crippen molar-refractivity contribution in [3.63, 3.8) is 0 Å². The van der Waals surface area contributed by atoms with Crippen molar-refractivity contribution >= 4 is 17.5 Å². The number of carbonyl (C=O) groups excluding carboxylic acids is 1. The first kappa shape index (κ1) is 20.4. The number of methoxy groups -OCH3 is 1. The molecule has 1 amide bonds. The highest BCUT2D eigenvalue weighted by molar-refractivity contribution is 6.06. The number of allylic oxidation sites excluding steroid dienone is 1. The molecule has 4 aromatic rings. The second-order valence-corrected chi connectivity index (χ2v) is 7.61. The Hall–Kier alpha value is -4.46. The molecule has 2 N–H and O–H groups in total. The predicted octanol–water partition coefficient (Wildman–Crippen LogP) is 4.28. The summed E-state index contributed by atoms with van der Waals surface area (Å²) >= 11 is 0. The number of para-hydroxylation sites is 1. The van der Waals surface area contributed by atoms with Gasteiger partial charge in [0.2, 0.25) is 5.95 Å². The molecule has 0 saturated carbocycles. The molecule has 164 valence electrons. The van der Waals surface area contributed by atoms with Crippen molar-refractivity contribution in [2.75, 3.05) is 17.7 Å². The number of amides is 1. The molecule has 0 spiro atoms. The zero-order valence-corrected chi connectivity index (χ0v) is 18.2. The highest BCUT2D eigenvalue weighted by atomic mass is 16.5. The third-order valence-corrected chi connectivity index (χ3v) is 5.46. The summed E-state index contributed by atoms with van der Waals surface area (Å²) in [5, 5.41) is 11.0. The zero-order chi connectivity index (χ0) is 22.8. The summed E-state index contributed by atoms with van der Waals surface area (Å²) in [6.45, 7) is 1.87. The fourth-order valence-corrected chi connectivity index (χ4v) is 3.90. The Labute approximate surface area is 191 Å². The molecule has 1 atom stereocenters. The van der Waals surface area contributed by atoms with Gasteiger partial charge >= 0.3 is 0 Å². The van der Waals surface area contributed by atoms with E-state index in [2.05, 4.69) is 20.6 Å². The Bertz CT molecular complexity index is 1330. The van der Waals surface area contributed by atoms with Crippen molar-refractivity contribution in [3.05, 3.63) is 96.0 Å². The van der Waals surface area contributed by atoms with Crippen LogP contribution in [-0.2, 0) is 4.79 Å². The molecule has 8 nitrogen and oxygen atoms in total. The van der Waals surface area contributed by atoms with Crippen LogP contribution in [0.25, 0.3) is 11.4 Å². The van der Waals surface area contributed by atoms with E-state index in [1.807, 2.05) is 73.7 Å². The van der Waals surface area contributed by atoms with Gasteiger partial charge in [-0.1, -0.05) is 30.3 Å². The van der Waals surface area contributed by atoms with E-state index < -0.39 is 6.04 Å². The van der Waals surface area contributed by atoms with Gasteiger partial charge in [0.25, 0.3) is 5.91 Å². The fraction of sp³-hybridized carbons (Fsp3) is 0.120. The van der Waals surface area contributed by atoms with Gasteiger partial charge in [-0.15, -0.1) is 5.10 Å². The molecule has 33 heavy (non-hydrogen) atoms. The molecule has 0 fully saturated rings. The molecular formula is C25H22N6O2. The maximum atomic E-state index is 13.5. The van der Waals surface area contributed by atoms with Crippen LogP contribution >= 0.6 is 0 Å². The molecule has 8 heteroatoms. The van der Waals surface area contributed by atoms with Gasteiger partial charge < -0.3 is 15.4 Å². The summed E-state index contributed by atoms with van der Waals surface area (Å²) in [5.41, 5.74) is 3.61. The van der Waals surface area contributed by atoms with Crippen LogP contribution in [0.2, 0.25) is 0 Å². The van der Waals surface area contributed by atoms with Crippen molar-refractivity contribution in [2.24, 2.45) is 0 Å². The maximum Gasteiger partial charge on any atom is 0.255 e. The fourth-order valence-electron chi connectivity index (χ4n) is 3.90. The first-order valence-electron chi connectivity index (χ1n) is 10.5. The summed E-state index contributed by atoms with van der Waals surface area (Å²) in [5.74, 6) is 1.55. The molecule has 0 bridgehead atoms. The largest absolute Gasteiger partial charge is 0.497 e. The number of aromatic nitrogens is 4. The lowest BCUT2D eigenvalue weighted by Gasteiger charge is -2.28.